The number of halogens is 3. The average molecular weight is 500 g/mol. The average Bonchev–Trinajstić information content (AvgIpc) is 3.01. The van der Waals surface area contributed by atoms with Crippen LogP contribution in [-0.4, -0.2) is 20.7 Å². The van der Waals surface area contributed by atoms with Crippen LogP contribution in [0.5, 0.6) is 0 Å². The van der Waals surface area contributed by atoms with Gasteiger partial charge in [0.1, 0.15) is 14.4 Å². The van der Waals surface area contributed by atoms with Gasteiger partial charge in [0.05, 0.1) is 5.71 Å². The molecule has 0 spiro atoms. The van der Waals surface area contributed by atoms with Gasteiger partial charge in [-0.15, -0.1) is 11.3 Å². The van der Waals surface area contributed by atoms with Crippen LogP contribution in [0, 0.1) is 5.82 Å². The minimum absolute atomic E-state index is 0.120. The molecule has 1 N–H and O–H groups in total. The van der Waals surface area contributed by atoms with E-state index in [4.69, 9.17) is 11.6 Å². The summed E-state index contributed by atoms with van der Waals surface area (Å²) in [6.07, 6.45) is 0.774. The molecule has 0 unspecified atom stereocenters. The van der Waals surface area contributed by atoms with E-state index in [0.717, 1.165) is 34.4 Å². The van der Waals surface area contributed by atoms with Crippen molar-refractivity contribution in [1.29, 1.82) is 0 Å². The van der Waals surface area contributed by atoms with E-state index in [1.54, 1.807) is 30.3 Å². The van der Waals surface area contributed by atoms with Crippen LogP contribution in [0.15, 0.2) is 62.2 Å². The van der Waals surface area contributed by atoms with E-state index >= 15 is 0 Å². The number of hydrogen-bond acceptors (Lipinski definition) is 4. The molecule has 0 bridgehead atoms. The summed E-state index contributed by atoms with van der Waals surface area (Å²) in [5.74, 6) is -0.307. The highest BCUT2D eigenvalue weighted by Gasteiger charge is 2.20. The summed E-state index contributed by atoms with van der Waals surface area (Å²) in [4.78, 5) is 4.54. The monoisotopic (exact) mass is 498 g/mol. The summed E-state index contributed by atoms with van der Waals surface area (Å²) < 4.78 is 42.3. The highest BCUT2D eigenvalue weighted by molar-refractivity contribution is 9.10. The molecule has 9 heteroatoms. The molecule has 4 nitrogen and oxygen atoms in total. The molecule has 28 heavy (non-hydrogen) atoms. The first-order valence-corrected chi connectivity index (χ1v) is 11.7. The first-order valence-electron chi connectivity index (χ1n) is 8.25. The molecule has 0 aliphatic carbocycles. The predicted molar refractivity (Wildman–Crippen MR) is 115 cm³/mol. The van der Waals surface area contributed by atoms with Gasteiger partial charge in [-0.1, -0.05) is 29.8 Å². The Morgan fingerprint density at radius 2 is 1.89 bits per heavy atom. The van der Waals surface area contributed by atoms with Crippen molar-refractivity contribution in [3.63, 3.8) is 0 Å². The summed E-state index contributed by atoms with van der Waals surface area (Å²) in [5, 5.41) is 0. The lowest BCUT2D eigenvalue weighted by Crippen LogP contribution is -2.15. The Kier molecular flexibility index (Phi) is 5.30. The van der Waals surface area contributed by atoms with Crippen LogP contribution in [0.2, 0.25) is 4.34 Å². The zero-order chi connectivity index (χ0) is 19.9. The molecule has 3 aromatic rings. The van der Waals surface area contributed by atoms with Gasteiger partial charge in [-0.3, -0.25) is 9.71 Å². The van der Waals surface area contributed by atoms with E-state index in [-0.39, 0.29) is 10.0 Å². The summed E-state index contributed by atoms with van der Waals surface area (Å²) in [7, 11) is -3.73. The Morgan fingerprint density at radius 1 is 1.14 bits per heavy atom. The smallest absolute Gasteiger partial charge is 0.271 e. The van der Waals surface area contributed by atoms with E-state index in [0.29, 0.717) is 26.8 Å². The molecule has 1 aliphatic heterocycles. The lowest BCUT2D eigenvalue weighted by molar-refractivity contribution is 0.603. The molecule has 0 radical (unpaired) electrons. The fraction of sp³-hybridized carbons (Fsp3) is 0.105. The molecular formula is C19H13BrClFN2O2S2. The fourth-order valence-electron chi connectivity index (χ4n) is 2.97. The standard InChI is InChI=1S/C19H13BrClFN2O2S2/c20-16-10-17(27-19(16)21)28(25,26)24-14-5-2-12(3-6-14)18-15-9-13(22)4-1-11(15)7-8-23-18/h1-6,9-10,24H,7-8H2. The number of hydrogen-bond donors (Lipinski definition) is 1. The van der Waals surface area contributed by atoms with Crippen molar-refractivity contribution < 1.29 is 12.8 Å². The van der Waals surface area contributed by atoms with Crippen molar-refractivity contribution >= 4 is 60.3 Å². The van der Waals surface area contributed by atoms with Gasteiger partial charge in [0.25, 0.3) is 10.0 Å². The zero-order valence-electron chi connectivity index (χ0n) is 14.2. The van der Waals surface area contributed by atoms with Crippen LogP contribution < -0.4 is 4.72 Å². The number of nitrogens with one attached hydrogen (secondary N) is 1. The van der Waals surface area contributed by atoms with Gasteiger partial charge in [-0.2, -0.15) is 0 Å². The van der Waals surface area contributed by atoms with Crippen LogP contribution in [-0.2, 0) is 16.4 Å². The van der Waals surface area contributed by atoms with Crippen LogP contribution in [0.4, 0.5) is 10.1 Å². The zero-order valence-corrected chi connectivity index (χ0v) is 18.2. The third kappa shape index (κ3) is 3.87. The first kappa shape index (κ1) is 19.6. The van der Waals surface area contributed by atoms with Crippen LogP contribution in [0.1, 0.15) is 16.7 Å². The Morgan fingerprint density at radius 3 is 2.57 bits per heavy atom. The van der Waals surface area contributed by atoms with Crippen molar-refractivity contribution in [2.24, 2.45) is 4.99 Å². The number of aliphatic imine (C=N–C) groups is 1. The lowest BCUT2D eigenvalue weighted by atomic mass is 9.93. The maximum atomic E-state index is 13.7. The van der Waals surface area contributed by atoms with E-state index < -0.39 is 10.0 Å². The van der Waals surface area contributed by atoms with E-state index in [2.05, 4.69) is 25.6 Å². The molecular weight excluding hydrogens is 487 g/mol. The maximum Gasteiger partial charge on any atom is 0.271 e. The largest absolute Gasteiger partial charge is 0.284 e. The quantitative estimate of drug-likeness (QED) is 0.515. The number of sulfonamides is 1. The van der Waals surface area contributed by atoms with Gasteiger partial charge in [-0.05, 0) is 58.2 Å². The topological polar surface area (TPSA) is 58.5 Å². The normalized spacial score (nSPS) is 13.8. The van der Waals surface area contributed by atoms with Gasteiger partial charge < -0.3 is 0 Å². The van der Waals surface area contributed by atoms with Crippen LogP contribution in [0.3, 0.4) is 0 Å². The van der Waals surface area contributed by atoms with E-state index in [9.17, 15) is 12.8 Å². The van der Waals surface area contributed by atoms with Gasteiger partial charge in [0.2, 0.25) is 0 Å². The third-order valence-corrected chi connectivity index (χ3v) is 8.61. The van der Waals surface area contributed by atoms with Crippen LogP contribution >= 0.6 is 38.9 Å². The second-order valence-corrected chi connectivity index (χ2v) is 10.6. The minimum Gasteiger partial charge on any atom is -0.284 e. The Balaban J connectivity index is 1.60. The molecule has 1 aliphatic rings. The van der Waals surface area contributed by atoms with Crippen molar-refractivity contribution in [2.45, 2.75) is 10.6 Å². The summed E-state index contributed by atoms with van der Waals surface area (Å²) in [6.45, 7) is 0.635. The predicted octanol–water partition coefficient (Wildman–Crippen LogP) is 5.50. The maximum absolute atomic E-state index is 13.7. The molecule has 0 saturated carbocycles. The fourth-order valence-corrected chi connectivity index (χ4v) is 6.33. The van der Waals surface area contributed by atoms with E-state index in [1.165, 1.54) is 18.2 Å². The third-order valence-electron chi connectivity index (χ3n) is 4.28. The molecule has 0 atom stereocenters. The van der Waals surface area contributed by atoms with Crippen molar-refractivity contribution in [2.75, 3.05) is 11.3 Å². The number of nitrogens with zero attached hydrogens (tertiary/aromatic N) is 1. The molecule has 0 fully saturated rings. The summed E-state index contributed by atoms with van der Waals surface area (Å²) >= 11 is 10.1. The Bertz CT molecular complexity index is 1170. The van der Waals surface area contributed by atoms with Crippen molar-refractivity contribution in [3.05, 3.63) is 79.8 Å². The molecule has 2 heterocycles. The van der Waals surface area contributed by atoms with Gasteiger partial charge in [0, 0.05) is 27.8 Å². The molecule has 0 amide bonds. The lowest BCUT2D eigenvalue weighted by Gasteiger charge is -2.17. The highest BCUT2D eigenvalue weighted by Crippen LogP contribution is 2.35. The number of fused-ring (bicyclic) bond motifs is 1. The number of thiophene rings is 1. The molecule has 4 rings (SSSR count). The number of anilines is 1. The van der Waals surface area contributed by atoms with Crippen LogP contribution in [0.25, 0.3) is 0 Å². The Hall–Kier alpha value is -1.74. The van der Waals surface area contributed by atoms with Gasteiger partial charge in [-0.25, -0.2) is 12.8 Å². The van der Waals surface area contributed by atoms with Gasteiger partial charge >= 0.3 is 0 Å². The number of rotatable bonds is 4. The highest BCUT2D eigenvalue weighted by atomic mass is 79.9. The van der Waals surface area contributed by atoms with Gasteiger partial charge in [0.15, 0.2) is 0 Å². The van der Waals surface area contributed by atoms with Crippen molar-refractivity contribution in [1.82, 2.24) is 0 Å². The summed E-state index contributed by atoms with van der Waals surface area (Å²) in [5.41, 5.74) is 3.76. The number of benzene rings is 2. The molecule has 0 saturated heterocycles. The second-order valence-electron chi connectivity index (χ2n) is 6.15. The SMILES string of the molecule is O=S(=O)(Nc1ccc(C2=NCCc3ccc(F)cc32)cc1)c1cc(Br)c(Cl)s1. The Labute approximate surface area is 179 Å². The molecule has 2 aromatic carbocycles. The molecule has 144 valence electrons. The van der Waals surface area contributed by atoms with Crippen molar-refractivity contribution in [3.8, 4) is 0 Å². The minimum atomic E-state index is -3.73. The molecule has 1 aromatic heterocycles. The second kappa shape index (κ2) is 7.59. The van der Waals surface area contributed by atoms with E-state index in [1.807, 2.05) is 0 Å². The first-order chi connectivity index (χ1) is 13.3. The summed E-state index contributed by atoms with van der Waals surface area (Å²) in [6, 6.07) is 13.1.